The van der Waals surface area contributed by atoms with E-state index in [-0.39, 0.29) is 36.6 Å². The number of anilines is 1. The molecule has 26 heavy (non-hydrogen) atoms. The molecule has 4 nitrogen and oxygen atoms in total. The van der Waals surface area contributed by atoms with Crippen molar-refractivity contribution in [2.45, 2.75) is 40.2 Å². The Balaban J connectivity index is 2.11. The molecule has 2 aromatic carbocycles. The summed E-state index contributed by atoms with van der Waals surface area (Å²) in [7, 11) is 0. The fourth-order valence-corrected chi connectivity index (χ4v) is 2.78. The minimum atomic E-state index is -0.332. The molecular weight excluding hydrogens is 331 g/mol. The second-order valence-corrected chi connectivity index (χ2v) is 6.74. The minimum absolute atomic E-state index is 0.0570. The van der Waals surface area contributed by atoms with E-state index in [4.69, 9.17) is 0 Å². The molecule has 0 aromatic heterocycles. The van der Waals surface area contributed by atoms with Crippen LogP contribution >= 0.6 is 0 Å². The van der Waals surface area contributed by atoms with E-state index in [0.29, 0.717) is 0 Å². The number of hydrogen-bond donors (Lipinski definition) is 1. The smallest absolute Gasteiger partial charge is 0.244 e. The molecule has 0 saturated heterocycles. The largest absolute Gasteiger partial charge is 0.329 e. The van der Waals surface area contributed by atoms with Crippen LogP contribution in [0.3, 0.4) is 0 Å². The van der Waals surface area contributed by atoms with Gasteiger partial charge in [-0.15, -0.1) is 0 Å². The number of carbonyl (C=O) groups is 2. The Labute approximate surface area is 154 Å². The van der Waals surface area contributed by atoms with E-state index in [2.05, 4.69) is 19.2 Å². The standard InChI is InChI=1S/C21H25FN2O2/c1-14(2)19-7-5-6-15(3)21(19)23-20(26)13-24(16(4)25)12-17-8-10-18(22)11-9-17/h5-11,14H,12-13H2,1-4H3,(H,23,26). The normalized spacial score (nSPS) is 10.7. The molecule has 0 saturated carbocycles. The van der Waals surface area contributed by atoms with E-state index in [1.807, 2.05) is 25.1 Å². The van der Waals surface area contributed by atoms with Crippen LogP contribution in [0.4, 0.5) is 10.1 Å². The average molecular weight is 356 g/mol. The first-order valence-electron chi connectivity index (χ1n) is 8.67. The first-order chi connectivity index (χ1) is 12.3. The molecule has 0 aliphatic heterocycles. The topological polar surface area (TPSA) is 49.4 Å². The van der Waals surface area contributed by atoms with Gasteiger partial charge in [0.2, 0.25) is 11.8 Å². The van der Waals surface area contributed by atoms with Crippen LogP contribution in [0.2, 0.25) is 0 Å². The number of halogens is 1. The molecule has 138 valence electrons. The molecule has 2 aromatic rings. The van der Waals surface area contributed by atoms with Crippen LogP contribution in [0.15, 0.2) is 42.5 Å². The fraction of sp³-hybridized carbons (Fsp3) is 0.333. The molecule has 0 bridgehead atoms. The summed E-state index contributed by atoms with van der Waals surface area (Å²) in [4.78, 5) is 25.9. The summed E-state index contributed by atoms with van der Waals surface area (Å²) < 4.78 is 13.0. The summed E-state index contributed by atoms with van der Waals surface area (Å²) in [5.41, 5.74) is 3.62. The van der Waals surface area contributed by atoms with Crippen molar-refractivity contribution in [2.75, 3.05) is 11.9 Å². The lowest BCUT2D eigenvalue weighted by molar-refractivity contribution is -0.133. The summed E-state index contributed by atoms with van der Waals surface area (Å²) >= 11 is 0. The molecule has 0 radical (unpaired) electrons. The van der Waals surface area contributed by atoms with E-state index < -0.39 is 0 Å². The SMILES string of the molecule is CC(=O)N(CC(=O)Nc1c(C)cccc1C(C)C)Cc1ccc(F)cc1. The van der Waals surface area contributed by atoms with Crippen LogP contribution < -0.4 is 5.32 Å². The second-order valence-electron chi connectivity index (χ2n) is 6.74. The van der Waals surface area contributed by atoms with Crippen molar-refractivity contribution in [1.29, 1.82) is 0 Å². The van der Waals surface area contributed by atoms with E-state index in [0.717, 1.165) is 22.4 Å². The zero-order valence-electron chi connectivity index (χ0n) is 15.7. The first-order valence-corrected chi connectivity index (χ1v) is 8.67. The summed E-state index contributed by atoms with van der Waals surface area (Å²) in [6, 6.07) is 11.8. The van der Waals surface area contributed by atoms with E-state index in [1.165, 1.54) is 24.0 Å². The van der Waals surface area contributed by atoms with Gasteiger partial charge < -0.3 is 10.2 Å². The monoisotopic (exact) mass is 356 g/mol. The van der Waals surface area contributed by atoms with Crippen LogP contribution in [-0.2, 0) is 16.1 Å². The highest BCUT2D eigenvalue weighted by molar-refractivity contribution is 5.95. The highest BCUT2D eigenvalue weighted by atomic mass is 19.1. The van der Waals surface area contributed by atoms with Gasteiger partial charge in [-0.05, 0) is 41.7 Å². The average Bonchev–Trinajstić information content (AvgIpc) is 2.57. The number of hydrogen-bond acceptors (Lipinski definition) is 2. The number of benzene rings is 2. The van der Waals surface area contributed by atoms with Crippen LogP contribution in [0.5, 0.6) is 0 Å². The highest BCUT2D eigenvalue weighted by Gasteiger charge is 2.17. The van der Waals surface area contributed by atoms with Crippen LogP contribution in [0.25, 0.3) is 0 Å². The maximum absolute atomic E-state index is 13.0. The maximum atomic E-state index is 13.0. The van der Waals surface area contributed by atoms with Crippen LogP contribution in [-0.4, -0.2) is 23.3 Å². The van der Waals surface area contributed by atoms with Crippen molar-refractivity contribution in [3.05, 3.63) is 65.0 Å². The lowest BCUT2D eigenvalue weighted by atomic mass is 9.98. The molecule has 2 rings (SSSR count). The molecular formula is C21H25FN2O2. The molecule has 0 atom stereocenters. The van der Waals surface area contributed by atoms with Gasteiger partial charge in [0.1, 0.15) is 12.4 Å². The summed E-state index contributed by atoms with van der Waals surface area (Å²) in [6.45, 7) is 7.71. The van der Waals surface area contributed by atoms with Crippen LogP contribution in [0.1, 0.15) is 43.4 Å². The lowest BCUT2D eigenvalue weighted by Gasteiger charge is -2.22. The summed E-state index contributed by atoms with van der Waals surface area (Å²) in [6.07, 6.45) is 0. The zero-order valence-corrected chi connectivity index (χ0v) is 15.7. The predicted octanol–water partition coefficient (Wildman–Crippen LogP) is 4.24. The summed E-state index contributed by atoms with van der Waals surface area (Å²) in [5, 5.41) is 2.95. The van der Waals surface area contributed by atoms with Crippen LogP contribution in [0, 0.1) is 12.7 Å². The molecule has 0 spiro atoms. The van der Waals surface area contributed by atoms with E-state index in [1.54, 1.807) is 12.1 Å². The van der Waals surface area contributed by atoms with Gasteiger partial charge in [0.25, 0.3) is 0 Å². The Hall–Kier alpha value is -2.69. The molecule has 0 unspecified atom stereocenters. The third-order valence-corrected chi connectivity index (χ3v) is 4.26. The molecule has 0 aliphatic carbocycles. The molecule has 2 amide bonds. The third-order valence-electron chi connectivity index (χ3n) is 4.26. The first kappa shape index (κ1) is 19.6. The van der Waals surface area contributed by atoms with Gasteiger partial charge in [0.05, 0.1) is 0 Å². The van der Waals surface area contributed by atoms with Gasteiger partial charge in [-0.2, -0.15) is 0 Å². The molecule has 0 heterocycles. The van der Waals surface area contributed by atoms with Crippen molar-refractivity contribution in [3.8, 4) is 0 Å². The van der Waals surface area contributed by atoms with Crippen molar-refractivity contribution in [3.63, 3.8) is 0 Å². The third kappa shape index (κ3) is 5.15. The Morgan fingerprint density at radius 1 is 1.12 bits per heavy atom. The second kappa shape index (κ2) is 8.61. The Morgan fingerprint density at radius 3 is 2.35 bits per heavy atom. The Kier molecular flexibility index (Phi) is 6.50. The number of nitrogens with one attached hydrogen (secondary N) is 1. The number of carbonyl (C=O) groups excluding carboxylic acids is 2. The number of rotatable bonds is 6. The van der Waals surface area contributed by atoms with E-state index >= 15 is 0 Å². The van der Waals surface area contributed by atoms with Gasteiger partial charge >= 0.3 is 0 Å². The lowest BCUT2D eigenvalue weighted by Crippen LogP contribution is -2.36. The number of para-hydroxylation sites is 1. The minimum Gasteiger partial charge on any atom is -0.329 e. The van der Waals surface area contributed by atoms with Crippen molar-refractivity contribution in [1.82, 2.24) is 4.90 Å². The zero-order chi connectivity index (χ0) is 19.3. The van der Waals surface area contributed by atoms with E-state index in [9.17, 15) is 14.0 Å². The molecule has 5 heteroatoms. The predicted molar refractivity (Wildman–Crippen MR) is 101 cm³/mol. The maximum Gasteiger partial charge on any atom is 0.244 e. The number of aryl methyl sites for hydroxylation is 1. The van der Waals surface area contributed by atoms with Crippen molar-refractivity contribution < 1.29 is 14.0 Å². The molecule has 0 aliphatic rings. The summed E-state index contributed by atoms with van der Waals surface area (Å²) in [5.74, 6) is -0.521. The van der Waals surface area contributed by atoms with Crippen molar-refractivity contribution >= 4 is 17.5 Å². The van der Waals surface area contributed by atoms with Gasteiger partial charge in [0, 0.05) is 19.2 Å². The Morgan fingerprint density at radius 2 is 1.77 bits per heavy atom. The molecule has 1 N–H and O–H groups in total. The van der Waals surface area contributed by atoms with Gasteiger partial charge in [-0.3, -0.25) is 9.59 Å². The number of nitrogens with zero attached hydrogens (tertiary/aromatic N) is 1. The fourth-order valence-electron chi connectivity index (χ4n) is 2.78. The number of amides is 2. The van der Waals surface area contributed by atoms with Gasteiger partial charge in [0.15, 0.2) is 0 Å². The molecule has 0 fully saturated rings. The Bertz CT molecular complexity index is 785. The van der Waals surface area contributed by atoms with Gasteiger partial charge in [-0.1, -0.05) is 44.2 Å². The quantitative estimate of drug-likeness (QED) is 0.841. The van der Waals surface area contributed by atoms with Gasteiger partial charge in [-0.25, -0.2) is 4.39 Å². The van der Waals surface area contributed by atoms with Crippen molar-refractivity contribution in [2.24, 2.45) is 0 Å². The highest BCUT2D eigenvalue weighted by Crippen LogP contribution is 2.27.